The predicted octanol–water partition coefficient (Wildman–Crippen LogP) is 1.16. The van der Waals surface area contributed by atoms with E-state index in [9.17, 15) is 10.1 Å². The summed E-state index contributed by atoms with van der Waals surface area (Å²) in [6.45, 7) is 0. The quantitative estimate of drug-likeness (QED) is 0.311. The second-order valence-electron chi connectivity index (χ2n) is 2.32. The van der Waals surface area contributed by atoms with Gasteiger partial charge >= 0.3 is 0 Å². The second kappa shape index (κ2) is 2.65. The third-order valence-electron chi connectivity index (χ3n) is 1.46. The predicted molar refractivity (Wildman–Crippen MR) is 44.7 cm³/mol. The van der Waals surface area contributed by atoms with Crippen LogP contribution in [0.25, 0.3) is 0 Å². The zero-order chi connectivity index (χ0) is 8.48. The largest absolute Gasteiger partial charge is 0.399 e. The first kappa shape index (κ1) is 8.26. The zero-order valence-electron chi connectivity index (χ0n) is 5.66. The molecule has 0 fully saturated rings. The lowest BCUT2D eigenvalue weighted by Gasteiger charge is -2.15. The number of alkyl halides is 1. The van der Waals surface area contributed by atoms with Gasteiger partial charge in [-0.05, 0) is 6.08 Å². The number of allylic oxidation sites excluding steroid dienone is 1. The highest BCUT2D eigenvalue weighted by atomic mass is 79.9. The topological polar surface area (TPSA) is 69.2 Å². The lowest BCUT2D eigenvalue weighted by molar-refractivity contribution is -0.521. The zero-order valence-corrected chi connectivity index (χ0v) is 7.24. The van der Waals surface area contributed by atoms with Crippen LogP contribution in [-0.2, 0) is 0 Å². The van der Waals surface area contributed by atoms with Crippen LogP contribution in [0, 0.1) is 10.1 Å². The van der Waals surface area contributed by atoms with Crippen LogP contribution in [0.3, 0.4) is 0 Å². The standard InChI is InChI=1S/C6H7BrN2O2/c7-6(9(10)11)3-1-5(8)2-4-6/h1-3H,4,8H2. The highest BCUT2D eigenvalue weighted by molar-refractivity contribution is 9.10. The van der Waals surface area contributed by atoms with Gasteiger partial charge in [-0.2, -0.15) is 0 Å². The number of nitro groups is 1. The summed E-state index contributed by atoms with van der Waals surface area (Å²) in [7, 11) is 0. The summed E-state index contributed by atoms with van der Waals surface area (Å²) in [5, 5.41) is 10.4. The first-order valence-electron chi connectivity index (χ1n) is 3.03. The summed E-state index contributed by atoms with van der Waals surface area (Å²) in [5.74, 6) is 0. The van der Waals surface area contributed by atoms with Crippen LogP contribution in [-0.4, -0.2) is 9.37 Å². The molecule has 0 aromatic rings. The summed E-state index contributed by atoms with van der Waals surface area (Å²) in [5.41, 5.74) is 5.96. The normalized spacial score (nSPS) is 29.7. The maximum Gasteiger partial charge on any atom is 0.296 e. The van der Waals surface area contributed by atoms with Crippen molar-refractivity contribution >= 4 is 15.9 Å². The molecular weight excluding hydrogens is 212 g/mol. The van der Waals surface area contributed by atoms with E-state index in [2.05, 4.69) is 15.9 Å². The molecule has 0 aromatic carbocycles. The molecule has 11 heavy (non-hydrogen) atoms. The Labute approximate surface area is 72.0 Å². The van der Waals surface area contributed by atoms with E-state index in [0.717, 1.165) is 0 Å². The Morgan fingerprint density at radius 3 is 2.82 bits per heavy atom. The van der Waals surface area contributed by atoms with Crippen LogP contribution in [0.4, 0.5) is 0 Å². The SMILES string of the molecule is NC1=CCC(Br)([N+](=O)[O-])C=C1. The van der Waals surface area contributed by atoms with Crippen LogP contribution in [0.2, 0.25) is 0 Å². The Hall–Kier alpha value is -0.840. The summed E-state index contributed by atoms with van der Waals surface area (Å²) in [6, 6.07) is 0. The van der Waals surface area contributed by atoms with Crippen LogP contribution < -0.4 is 5.73 Å². The first-order chi connectivity index (χ1) is 5.04. The van der Waals surface area contributed by atoms with Crippen molar-refractivity contribution in [2.24, 2.45) is 5.73 Å². The molecule has 1 aliphatic rings. The molecule has 2 N–H and O–H groups in total. The van der Waals surface area contributed by atoms with Crippen molar-refractivity contribution in [2.45, 2.75) is 10.9 Å². The van der Waals surface area contributed by atoms with Gasteiger partial charge in [0.25, 0.3) is 4.45 Å². The lowest BCUT2D eigenvalue weighted by Crippen LogP contribution is -2.30. The molecular formula is C6H7BrN2O2. The molecule has 0 amide bonds. The van der Waals surface area contributed by atoms with E-state index in [1.54, 1.807) is 6.08 Å². The van der Waals surface area contributed by atoms with Gasteiger partial charge in [0.05, 0.1) is 6.42 Å². The minimum Gasteiger partial charge on any atom is -0.399 e. The van der Waals surface area contributed by atoms with Gasteiger partial charge in [-0.3, -0.25) is 10.1 Å². The first-order valence-corrected chi connectivity index (χ1v) is 3.82. The van der Waals surface area contributed by atoms with E-state index in [1.165, 1.54) is 12.2 Å². The minimum atomic E-state index is -1.14. The van der Waals surface area contributed by atoms with Crippen molar-refractivity contribution in [2.75, 3.05) is 0 Å². The van der Waals surface area contributed by atoms with Crippen molar-refractivity contribution in [1.82, 2.24) is 0 Å². The van der Waals surface area contributed by atoms with E-state index < -0.39 is 4.45 Å². The van der Waals surface area contributed by atoms with E-state index in [1.807, 2.05) is 0 Å². The van der Waals surface area contributed by atoms with E-state index >= 15 is 0 Å². The number of nitrogens with zero attached hydrogens (tertiary/aromatic N) is 1. The minimum absolute atomic E-state index is 0.294. The molecule has 0 spiro atoms. The lowest BCUT2D eigenvalue weighted by atomic mass is 10.1. The van der Waals surface area contributed by atoms with Gasteiger partial charge in [0.2, 0.25) is 0 Å². The fourth-order valence-electron chi connectivity index (χ4n) is 0.756. The molecule has 1 atom stereocenters. The molecule has 0 saturated heterocycles. The van der Waals surface area contributed by atoms with Gasteiger partial charge < -0.3 is 5.73 Å². The maximum absolute atomic E-state index is 10.4. The Morgan fingerprint density at radius 2 is 2.45 bits per heavy atom. The van der Waals surface area contributed by atoms with Gasteiger partial charge in [-0.25, -0.2) is 0 Å². The Bertz CT molecular complexity index is 249. The maximum atomic E-state index is 10.4. The third kappa shape index (κ3) is 1.59. The Morgan fingerprint density at radius 1 is 1.82 bits per heavy atom. The number of halogens is 1. The third-order valence-corrected chi connectivity index (χ3v) is 2.34. The van der Waals surface area contributed by atoms with E-state index in [4.69, 9.17) is 5.73 Å². The van der Waals surface area contributed by atoms with E-state index in [-0.39, 0.29) is 4.92 Å². The number of rotatable bonds is 1. The average molecular weight is 219 g/mol. The molecule has 0 aliphatic heterocycles. The molecule has 0 aromatic heterocycles. The van der Waals surface area contributed by atoms with Gasteiger partial charge in [0.15, 0.2) is 0 Å². The van der Waals surface area contributed by atoms with Crippen molar-refractivity contribution in [3.8, 4) is 0 Å². The molecule has 1 rings (SSSR count). The molecule has 0 radical (unpaired) electrons. The average Bonchev–Trinajstić information content (AvgIpc) is 1.95. The fraction of sp³-hybridized carbons (Fsp3) is 0.333. The van der Waals surface area contributed by atoms with Gasteiger partial charge in [0.1, 0.15) is 0 Å². The Balaban J connectivity index is 2.82. The molecule has 0 heterocycles. The van der Waals surface area contributed by atoms with Crippen LogP contribution in [0.15, 0.2) is 23.9 Å². The monoisotopic (exact) mass is 218 g/mol. The van der Waals surface area contributed by atoms with Crippen molar-refractivity contribution < 1.29 is 4.92 Å². The molecule has 4 nitrogen and oxygen atoms in total. The number of hydrogen-bond donors (Lipinski definition) is 1. The molecule has 0 bridgehead atoms. The molecule has 5 heteroatoms. The van der Waals surface area contributed by atoms with Crippen LogP contribution in [0.5, 0.6) is 0 Å². The number of nitrogens with two attached hydrogens (primary N) is 1. The van der Waals surface area contributed by atoms with Gasteiger partial charge in [-0.1, -0.05) is 6.08 Å². The van der Waals surface area contributed by atoms with Crippen LogP contribution in [0.1, 0.15) is 6.42 Å². The summed E-state index contributed by atoms with van der Waals surface area (Å²) < 4.78 is -1.14. The Kier molecular flexibility index (Phi) is 1.99. The smallest absolute Gasteiger partial charge is 0.296 e. The van der Waals surface area contributed by atoms with Gasteiger partial charge in [0, 0.05) is 32.6 Å². The summed E-state index contributed by atoms with van der Waals surface area (Å²) in [6.07, 6.45) is 4.89. The summed E-state index contributed by atoms with van der Waals surface area (Å²) in [4.78, 5) is 10.0. The van der Waals surface area contributed by atoms with Gasteiger partial charge in [-0.15, -0.1) is 0 Å². The van der Waals surface area contributed by atoms with Crippen molar-refractivity contribution in [3.05, 3.63) is 34.0 Å². The molecule has 1 aliphatic carbocycles. The van der Waals surface area contributed by atoms with Crippen molar-refractivity contribution in [3.63, 3.8) is 0 Å². The molecule has 0 saturated carbocycles. The second-order valence-corrected chi connectivity index (χ2v) is 3.69. The highest BCUT2D eigenvalue weighted by Gasteiger charge is 2.36. The van der Waals surface area contributed by atoms with Crippen LogP contribution >= 0.6 is 15.9 Å². The number of hydrogen-bond acceptors (Lipinski definition) is 3. The molecule has 1 unspecified atom stereocenters. The van der Waals surface area contributed by atoms with E-state index in [0.29, 0.717) is 12.1 Å². The fourth-order valence-corrected chi connectivity index (χ4v) is 1.05. The molecule has 60 valence electrons. The summed E-state index contributed by atoms with van der Waals surface area (Å²) >= 11 is 3.00. The van der Waals surface area contributed by atoms with Crippen molar-refractivity contribution in [1.29, 1.82) is 0 Å². The highest BCUT2D eigenvalue weighted by Crippen LogP contribution is 2.28.